The highest BCUT2D eigenvalue weighted by Gasteiger charge is 2.03. The Balaban J connectivity index is 1.92. The van der Waals surface area contributed by atoms with Crippen molar-refractivity contribution in [2.24, 2.45) is 0 Å². The Morgan fingerprint density at radius 2 is 2.31 bits per heavy atom. The standard InChI is InChI=1S/C10H10N2O2S2/c13-9(14)11-5-6-15-10-12-7-3-1-2-4-8(7)16-10/h1-4,11H,5-6H2,(H,13,14). The largest absolute Gasteiger partial charge is 0.465 e. The lowest BCUT2D eigenvalue weighted by Gasteiger charge is -1.97. The van der Waals surface area contributed by atoms with E-state index in [4.69, 9.17) is 5.11 Å². The Morgan fingerprint density at radius 1 is 1.50 bits per heavy atom. The SMILES string of the molecule is O=C(O)NCCSc1nc2ccccc2s1. The van der Waals surface area contributed by atoms with Gasteiger partial charge < -0.3 is 10.4 Å². The van der Waals surface area contributed by atoms with Gasteiger partial charge in [-0.05, 0) is 12.1 Å². The summed E-state index contributed by atoms with van der Waals surface area (Å²) in [4.78, 5) is 14.7. The number of carboxylic acid groups (broad SMARTS) is 1. The molecule has 0 radical (unpaired) electrons. The van der Waals surface area contributed by atoms with Gasteiger partial charge >= 0.3 is 6.09 Å². The summed E-state index contributed by atoms with van der Waals surface area (Å²) in [7, 11) is 0. The fraction of sp³-hybridized carbons (Fsp3) is 0.200. The zero-order valence-corrected chi connectivity index (χ0v) is 9.98. The second-order valence-electron chi connectivity index (χ2n) is 3.03. The van der Waals surface area contributed by atoms with Crippen molar-refractivity contribution in [1.82, 2.24) is 10.3 Å². The van der Waals surface area contributed by atoms with E-state index >= 15 is 0 Å². The highest BCUT2D eigenvalue weighted by molar-refractivity contribution is 8.01. The first kappa shape index (κ1) is 11.2. The highest BCUT2D eigenvalue weighted by Crippen LogP contribution is 2.28. The van der Waals surface area contributed by atoms with Crippen LogP contribution in [-0.4, -0.2) is 28.5 Å². The number of thioether (sulfide) groups is 1. The molecule has 4 nitrogen and oxygen atoms in total. The molecular weight excluding hydrogens is 244 g/mol. The van der Waals surface area contributed by atoms with Crippen LogP contribution in [0.2, 0.25) is 0 Å². The third-order valence-corrected chi connectivity index (χ3v) is 4.06. The van der Waals surface area contributed by atoms with Gasteiger partial charge in [-0.3, -0.25) is 0 Å². The fourth-order valence-corrected chi connectivity index (χ4v) is 3.20. The minimum absolute atomic E-state index is 0.440. The van der Waals surface area contributed by atoms with Gasteiger partial charge in [0.2, 0.25) is 0 Å². The number of hydrogen-bond donors (Lipinski definition) is 2. The van der Waals surface area contributed by atoms with E-state index in [0.29, 0.717) is 12.3 Å². The van der Waals surface area contributed by atoms with Crippen molar-refractivity contribution in [2.75, 3.05) is 12.3 Å². The van der Waals surface area contributed by atoms with Gasteiger partial charge in [0.1, 0.15) is 0 Å². The van der Waals surface area contributed by atoms with Gasteiger partial charge in [-0.1, -0.05) is 23.9 Å². The quantitative estimate of drug-likeness (QED) is 0.650. The number of benzene rings is 1. The van der Waals surface area contributed by atoms with Crippen LogP contribution in [0.1, 0.15) is 0 Å². The summed E-state index contributed by atoms with van der Waals surface area (Å²) in [5.74, 6) is 0.701. The van der Waals surface area contributed by atoms with Crippen molar-refractivity contribution in [3.63, 3.8) is 0 Å². The van der Waals surface area contributed by atoms with E-state index in [1.807, 2.05) is 24.3 Å². The van der Waals surface area contributed by atoms with Crippen molar-refractivity contribution in [3.05, 3.63) is 24.3 Å². The molecule has 0 fully saturated rings. The molecule has 1 heterocycles. The van der Waals surface area contributed by atoms with E-state index in [1.165, 1.54) is 0 Å². The Labute approximate surface area is 101 Å². The maximum atomic E-state index is 10.2. The number of rotatable bonds is 4. The Bertz CT molecular complexity index is 465. The van der Waals surface area contributed by atoms with Gasteiger partial charge in [0.05, 0.1) is 10.2 Å². The molecule has 6 heteroatoms. The zero-order valence-electron chi connectivity index (χ0n) is 8.34. The summed E-state index contributed by atoms with van der Waals surface area (Å²) >= 11 is 3.20. The third kappa shape index (κ3) is 2.86. The first-order valence-corrected chi connectivity index (χ1v) is 6.51. The van der Waals surface area contributed by atoms with E-state index in [9.17, 15) is 4.79 Å². The van der Waals surface area contributed by atoms with Gasteiger partial charge in [0.15, 0.2) is 4.34 Å². The summed E-state index contributed by atoms with van der Waals surface area (Å²) in [6.45, 7) is 0.440. The van der Waals surface area contributed by atoms with Crippen molar-refractivity contribution in [1.29, 1.82) is 0 Å². The van der Waals surface area contributed by atoms with Crippen LogP contribution in [0.3, 0.4) is 0 Å². The molecule has 16 heavy (non-hydrogen) atoms. The number of aromatic nitrogens is 1. The molecule has 0 atom stereocenters. The lowest BCUT2D eigenvalue weighted by atomic mass is 10.3. The van der Waals surface area contributed by atoms with Gasteiger partial charge in [-0.25, -0.2) is 9.78 Å². The number of carbonyl (C=O) groups is 1. The number of thiazole rings is 1. The van der Waals surface area contributed by atoms with Gasteiger partial charge in [0, 0.05) is 12.3 Å². The summed E-state index contributed by atoms with van der Waals surface area (Å²) in [6.07, 6.45) is -0.982. The molecule has 2 aromatic rings. The molecule has 1 aromatic carbocycles. The second-order valence-corrected chi connectivity index (χ2v) is 5.40. The van der Waals surface area contributed by atoms with E-state index in [-0.39, 0.29) is 0 Å². The maximum Gasteiger partial charge on any atom is 0.404 e. The summed E-state index contributed by atoms with van der Waals surface area (Å²) in [6, 6.07) is 7.96. The molecule has 0 aliphatic carbocycles. The summed E-state index contributed by atoms with van der Waals surface area (Å²) < 4.78 is 2.14. The number of fused-ring (bicyclic) bond motifs is 1. The molecule has 2 N–H and O–H groups in total. The summed E-state index contributed by atoms with van der Waals surface area (Å²) in [5.41, 5.74) is 1.00. The molecule has 0 aliphatic rings. The first-order chi connectivity index (χ1) is 7.75. The normalized spacial score (nSPS) is 10.5. The molecule has 0 bridgehead atoms. The van der Waals surface area contributed by atoms with Crippen LogP contribution in [0.25, 0.3) is 10.2 Å². The lowest BCUT2D eigenvalue weighted by Crippen LogP contribution is -2.23. The molecular formula is C10H10N2O2S2. The number of nitrogens with one attached hydrogen (secondary N) is 1. The minimum Gasteiger partial charge on any atom is -0.465 e. The minimum atomic E-state index is -0.982. The van der Waals surface area contributed by atoms with Crippen molar-refractivity contribution in [3.8, 4) is 0 Å². The van der Waals surface area contributed by atoms with Crippen LogP contribution in [0.5, 0.6) is 0 Å². The van der Waals surface area contributed by atoms with Crippen LogP contribution in [0.4, 0.5) is 4.79 Å². The molecule has 0 aliphatic heterocycles. The maximum absolute atomic E-state index is 10.2. The van der Waals surface area contributed by atoms with Crippen LogP contribution < -0.4 is 5.32 Å². The predicted octanol–water partition coefficient (Wildman–Crippen LogP) is 2.66. The number of para-hydroxylation sites is 1. The average Bonchev–Trinajstić information content (AvgIpc) is 2.66. The molecule has 0 spiro atoms. The van der Waals surface area contributed by atoms with E-state index in [2.05, 4.69) is 10.3 Å². The van der Waals surface area contributed by atoms with E-state index in [1.54, 1.807) is 23.1 Å². The highest BCUT2D eigenvalue weighted by atomic mass is 32.2. The average molecular weight is 254 g/mol. The Morgan fingerprint density at radius 3 is 3.06 bits per heavy atom. The first-order valence-electron chi connectivity index (χ1n) is 4.71. The van der Waals surface area contributed by atoms with E-state index < -0.39 is 6.09 Å². The molecule has 84 valence electrons. The molecule has 1 amide bonds. The smallest absolute Gasteiger partial charge is 0.404 e. The zero-order chi connectivity index (χ0) is 11.4. The van der Waals surface area contributed by atoms with Crippen LogP contribution in [0, 0.1) is 0 Å². The summed E-state index contributed by atoms with van der Waals surface area (Å²) in [5, 5.41) is 10.7. The molecule has 0 unspecified atom stereocenters. The van der Waals surface area contributed by atoms with Gasteiger partial charge in [-0.15, -0.1) is 11.3 Å². The van der Waals surface area contributed by atoms with Crippen molar-refractivity contribution < 1.29 is 9.90 Å². The Hall–Kier alpha value is -1.27. The molecule has 0 saturated heterocycles. The predicted molar refractivity (Wildman–Crippen MR) is 66.4 cm³/mol. The van der Waals surface area contributed by atoms with Crippen molar-refractivity contribution in [2.45, 2.75) is 4.34 Å². The molecule has 1 aromatic heterocycles. The molecule has 0 saturated carbocycles. The van der Waals surface area contributed by atoms with Gasteiger partial charge in [-0.2, -0.15) is 0 Å². The van der Waals surface area contributed by atoms with Gasteiger partial charge in [0.25, 0.3) is 0 Å². The monoisotopic (exact) mass is 254 g/mol. The molecule has 2 rings (SSSR count). The van der Waals surface area contributed by atoms with Crippen molar-refractivity contribution >= 4 is 39.4 Å². The Kier molecular flexibility index (Phi) is 3.63. The van der Waals surface area contributed by atoms with Crippen LogP contribution in [0.15, 0.2) is 28.6 Å². The number of nitrogens with zero attached hydrogens (tertiary/aromatic N) is 1. The number of hydrogen-bond acceptors (Lipinski definition) is 4. The third-order valence-electron chi connectivity index (χ3n) is 1.88. The van der Waals surface area contributed by atoms with Crippen LogP contribution in [-0.2, 0) is 0 Å². The lowest BCUT2D eigenvalue weighted by molar-refractivity contribution is 0.195. The topological polar surface area (TPSA) is 62.2 Å². The second kappa shape index (κ2) is 5.18. The van der Waals surface area contributed by atoms with E-state index in [0.717, 1.165) is 14.6 Å². The van der Waals surface area contributed by atoms with Crippen LogP contribution >= 0.6 is 23.1 Å². The number of amides is 1. The fourth-order valence-electron chi connectivity index (χ4n) is 1.21.